The molecule has 1 fully saturated rings. The summed E-state index contributed by atoms with van der Waals surface area (Å²) in [7, 11) is 0. The van der Waals surface area contributed by atoms with E-state index in [0.717, 1.165) is 0 Å². The summed E-state index contributed by atoms with van der Waals surface area (Å²) in [5.41, 5.74) is 0. The second kappa shape index (κ2) is 7.03. The van der Waals surface area contributed by atoms with Gasteiger partial charge in [0, 0.05) is 19.1 Å². The number of amides is 1. The van der Waals surface area contributed by atoms with Gasteiger partial charge in [0.25, 0.3) is 0 Å². The number of carbonyl (C=O) groups excluding carboxylic acids is 1. The number of nitrogens with one attached hydrogen (secondary N) is 2. The second-order valence-corrected chi connectivity index (χ2v) is 3.90. The van der Waals surface area contributed by atoms with Crippen molar-refractivity contribution in [3.05, 3.63) is 0 Å². The number of rotatable bonds is 5. The summed E-state index contributed by atoms with van der Waals surface area (Å²) in [4.78, 5) is 11.4. The van der Waals surface area contributed by atoms with Crippen LogP contribution in [0.4, 0.5) is 13.2 Å². The molecule has 1 unspecified atom stereocenters. The van der Waals surface area contributed by atoms with Crippen LogP contribution in [-0.2, 0) is 9.53 Å². The molecule has 0 aliphatic carbocycles. The predicted molar refractivity (Wildman–Crippen MR) is 58.1 cm³/mol. The van der Waals surface area contributed by atoms with E-state index in [-0.39, 0.29) is 30.8 Å². The molecule has 102 valence electrons. The molecule has 1 amide bonds. The zero-order chi connectivity index (χ0) is 12.2. The van der Waals surface area contributed by atoms with Crippen molar-refractivity contribution in [2.45, 2.75) is 19.1 Å². The first-order chi connectivity index (χ1) is 7.38. The van der Waals surface area contributed by atoms with Crippen molar-refractivity contribution >= 4 is 18.3 Å². The molecule has 0 saturated carbocycles. The molecule has 0 aromatic carbocycles. The van der Waals surface area contributed by atoms with Crippen molar-refractivity contribution in [2.24, 2.45) is 5.92 Å². The largest absolute Gasteiger partial charge is 0.411 e. The lowest BCUT2D eigenvalue weighted by Gasteiger charge is -2.27. The van der Waals surface area contributed by atoms with Crippen LogP contribution in [0.2, 0.25) is 0 Å². The van der Waals surface area contributed by atoms with Crippen LogP contribution in [0.25, 0.3) is 0 Å². The first-order valence-corrected chi connectivity index (χ1v) is 5.04. The first-order valence-electron chi connectivity index (χ1n) is 5.04. The van der Waals surface area contributed by atoms with Crippen molar-refractivity contribution in [1.29, 1.82) is 0 Å². The molecule has 1 heterocycles. The Kier molecular flexibility index (Phi) is 6.81. The highest BCUT2D eigenvalue weighted by Crippen LogP contribution is 2.14. The van der Waals surface area contributed by atoms with Crippen LogP contribution in [0.3, 0.4) is 0 Å². The van der Waals surface area contributed by atoms with Crippen molar-refractivity contribution in [1.82, 2.24) is 10.6 Å². The van der Waals surface area contributed by atoms with E-state index in [0.29, 0.717) is 13.1 Å². The Hall–Kier alpha value is -0.530. The molecular weight excluding hydrogens is 261 g/mol. The maximum absolute atomic E-state index is 11.7. The first kappa shape index (κ1) is 16.5. The molecule has 0 bridgehead atoms. The fourth-order valence-electron chi connectivity index (χ4n) is 1.23. The Balaban J connectivity index is 0.00000256. The summed E-state index contributed by atoms with van der Waals surface area (Å²) >= 11 is 0. The van der Waals surface area contributed by atoms with Crippen LogP contribution in [-0.4, -0.2) is 44.4 Å². The Morgan fingerprint density at radius 3 is 2.53 bits per heavy atom. The van der Waals surface area contributed by atoms with Crippen molar-refractivity contribution in [3.63, 3.8) is 0 Å². The number of carbonyl (C=O) groups is 1. The van der Waals surface area contributed by atoms with Gasteiger partial charge in [0.2, 0.25) is 5.91 Å². The van der Waals surface area contributed by atoms with Gasteiger partial charge in [-0.15, -0.1) is 12.4 Å². The third-order valence-electron chi connectivity index (χ3n) is 2.17. The van der Waals surface area contributed by atoms with Crippen LogP contribution in [0.15, 0.2) is 0 Å². The Bertz CT molecular complexity index is 247. The average molecular weight is 277 g/mol. The lowest BCUT2D eigenvalue weighted by Crippen LogP contribution is -2.53. The number of ether oxygens (including phenoxy) is 1. The molecule has 1 rings (SSSR count). The Morgan fingerprint density at radius 2 is 2.12 bits per heavy atom. The minimum absolute atomic E-state index is 0. The fraction of sp³-hybridized carbons (Fsp3) is 0.889. The molecular formula is C9H16ClF3N2O2. The van der Waals surface area contributed by atoms with Crippen molar-refractivity contribution in [3.8, 4) is 0 Å². The third-order valence-corrected chi connectivity index (χ3v) is 2.17. The standard InChI is InChI=1S/C9H15F3N2O2.ClH/c1-6(4-16-5-9(10,11)12)14-8(15)7-2-13-3-7;/h6-7,13H,2-5H2,1H3,(H,14,15);1H. The van der Waals surface area contributed by atoms with Crippen LogP contribution in [0.1, 0.15) is 6.92 Å². The highest BCUT2D eigenvalue weighted by atomic mass is 35.5. The van der Waals surface area contributed by atoms with Gasteiger partial charge in [0.1, 0.15) is 6.61 Å². The zero-order valence-corrected chi connectivity index (χ0v) is 10.2. The van der Waals surface area contributed by atoms with E-state index in [4.69, 9.17) is 0 Å². The zero-order valence-electron chi connectivity index (χ0n) is 9.34. The molecule has 1 atom stereocenters. The maximum Gasteiger partial charge on any atom is 0.411 e. The lowest BCUT2D eigenvalue weighted by atomic mass is 10.0. The van der Waals surface area contributed by atoms with Gasteiger partial charge in [-0.1, -0.05) is 0 Å². The molecule has 2 N–H and O–H groups in total. The summed E-state index contributed by atoms with van der Waals surface area (Å²) < 4.78 is 39.7. The van der Waals surface area contributed by atoms with Crippen molar-refractivity contribution < 1.29 is 22.7 Å². The third kappa shape index (κ3) is 6.70. The minimum Gasteiger partial charge on any atom is -0.370 e. The van der Waals surface area contributed by atoms with E-state index in [1.807, 2.05) is 0 Å². The molecule has 8 heteroatoms. The van der Waals surface area contributed by atoms with E-state index in [1.165, 1.54) is 0 Å². The molecule has 1 saturated heterocycles. The molecule has 0 spiro atoms. The van der Waals surface area contributed by atoms with E-state index in [1.54, 1.807) is 6.92 Å². The molecule has 1 aliphatic rings. The summed E-state index contributed by atoms with van der Waals surface area (Å²) in [5, 5.41) is 5.53. The smallest absolute Gasteiger partial charge is 0.370 e. The Labute approximate surface area is 104 Å². The molecule has 1 aliphatic heterocycles. The van der Waals surface area contributed by atoms with Crippen molar-refractivity contribution in [2.75, 3.05) is 26.3 Å². The van der Waals surface area contributed by atoms with E-state index >= 15 is 0 Å². The second-order valence-electron chi connectivity index (χ2n) is 3.90. The normalized spacial score (nSPS) is 17.9. The SMILES string of the molecule is CC(COCC(F)(F)F)NC(=O)C1CNC1.Cl. The average Bonchev–Trinajstić information content (AvgIpc) is 1.96. The van der Waals surface area contributed by atoms with Gasteiger partial charge in [-0.3, -0.25) is 4.79 Å². The molecule has 0 aromatic rings. The number of hydrogen-bond acceptors (Lipinski definition) is 3. The molecule has 0 aromatic heterocycles. The molecule has 4 nitrogen and oxygen atoms in total. The van der Waals surface area contributed by atoms with Gasteiger partial charge < -0.3 is 15.4 Å². The van der Waals surface area contributed by atoms with Crippen LogP contribution in [0.5, 0.6) is 0 Å². The number of alkyl halides is 3. The summed E-state index contributed by atoms with van der Waals surface area (Å²) in [6.07, 6.45) is -4.32. The van der Waals surface area contributed by atoms with Crippen LogP contribution >= 0.6 is 12.4 Å². The van der Waals surface area contributed by atoms with Crippen LogP contribution in [0, 0.1) is 5.92 Å². The quantitative estimate of drug-likeness (QED) is 0.778. The lowest BCUT2D eigenvalue weighted by molar-refractivity contribution is -0.175. The van der Waals surface area contributed by atoms with Gasteiger partial charge in [-0.05, 0) is 6.92 Å². The maximum atomic E-state index is 11.7. The molecule has 0 radical (unpaired) electrons. The van der Waals surface area contributed by atoms with Crippen LogP contribution < -0.4 is 10.6 Å². The minimum atomic E-state index is -4.32. The molecule has 17 heavy (non-hydrogen) atoms. The predicted octanol–water partition coefficient (Wildman–Crippen LogP) is 0.711. The van der Waals surface area contributed by atoms with E-state index < -0.39 is 18.8 Å². The van der Waals surface area contributed by atoms with Gasteiger partial charge in [-0.2, -0.15) is 13.2 Å². The van der Waals surface area contributed by atoms with Gasteiger partial charge in [0.15, 0.2) is 0 Å². The summed E-state index contributed by atoms with van der Waals surface area (Å²) in [6.45, 7) is 1.45. The summed E-state index contributed by atoms with van der Waals surface area (Å²) in [6, 6.07) is -0.407. The number of halogens is 4. The van der Waals surface area contributed by atoms with Gasteiger partial charge in [0.05, 0.1) is 12.5 Å². The number of hydrogen-bond donors (Lipinski definition) is 2. The monoisotopic (exact) mass is 276 g/mol. The fourth-order valence-corrected chi connectivity index (χ4v) is 1.23. The van der Waals surface area contributed by atoms with E-state index in [2.05, 4.69) is 15.4 Å². The highest BCUT2D eigenvalue weighted by molar-refractivity contribution is 5.85. The highest BCUT2D eigenvalue weighted by Gasteiger charge is 2.28. The summed E-state index contributed by atoms with van der Waals surface area (Å²) in [5.74, 6) is -0.202. The topological polar surface area (TPSA) is 50.4 Å². The Morgan fingerprint density at radius 1 is 1.53 bits per heavy atom. The van der Waals surface area contributed by atoms with Gasteiger partial charge in [-0.25, -0.2) is 0 Å². The van der Waals surface area contributed by atoms with E-state index in [9.17, 15) is 18.0 Å². The van der Waals surface area contributed by atoms with Gasteiger partial charge >= 0.3 is 6.18 Å².